The Morgan fingerprint density at radius 2 is 1.91 bits per heavy atom. The summed E-state index contributed by atoms with van der Waals surface area (Å²) < 4.78 is 5.47. The van der Waals surface area contributed by atoms with Gasteiger partial charge in [-0.25, -0.2) is 0 Å². The highest BCUT2D eigenvalue weighted by Gasteiger charge is 2.37. The van der Waals surface area contributed by atoms with Gasteiger partial charge in [0, 0.05) is 32.7 Å². The molecule has 0 aromatic heterocycles. The summed E-state index contributed by atoms with van der Waals surface area (Å²) in [6.07, 6.45) is 3.82. The van der Waals surface area contributed by atoms with E-state index in [0.717, 1.165) is 32.2 Å². The molecule has 2 fully saturated rings. The third-order valence-corrected chi connectivity index (χ3v) is 4.74. The van der Waals surface area contributed by atoms with Gasteiger partial charge in [0.25, 0.3) is 0 Å². The summed E-state index contributed by atoms with van der Waals surface area (Å²) >= 11 is 0. The maximum Gasteiger partial charge on any atom is 0.225 e. The van der Waals surface area contributed by atoms with Crippen LogP contribution in [0.1, 0.15) is 46.5 Å². The van der Waals surface area contributed by atoms with Crippen LogP contribution in [-0.2, 0) is 14.3 Å². The number of nitrogens with one attached hydrogen (secondary N) is 1. The number of amides is 2. The number of methoxy groups -OCH3 is 1. The van der Waals surface area contributed by atoms with Gasteiger partial charge < -0.3 is 15.0 Å². The van der Waals surface area contributed by atoms with E-state index >= 15 is 0 Å². The van der Waals surface area contributed by atoms with E-state index in [4.69, 9.17) is 4.74 Å². The number of piperidine rings is 1. The van der Waals surface area contributed by atoms with Gasteiger partial charge in [0.15, 0.2) is 0 Å². The van der Waals surface area contributed by atoms with E-state index in [1.54, 1.807) is 7.11 Å². The summed E-state index contributed by atoms with van der Waals surface area (Å²) in [6.45, 7) is 8.21. The van der Waals surface area contributed by atoms with E-state index in [0.29, 0.717) is 13.1 Å². The van der Waals surface area contributed by atoms with E-state index in [9.17, 15) is 9.59 Å². The van der Waals surface area contributed by atoms with Gasteiger partial charge in [0.1, 0.15) is 0 Å². The highest BCUT2D eigenvalue weighted by atomic mass is 16.5. The molecule has 1 saturated heterocycles. The molecule has 1 aliphatic carbocycles. The molecule has 126 valence electrons. The van der Waals surface area contributed by atoms with Crippen molar-refractivity contribution in [3.05, 3.63) is 0 Å². The molecule has 1 saturated carbocycles. The number of carbonyl (C=O) groups excluding carboxylic acids is 2. The standard InChI is InChI=1S/C17H30N2O3/c1-17(2,3)14(22-4)10-18-15(20)13-6-5-9-19(11-13)16(21)12-7-8-12/h12-14H,5-11H2,1-4H3,(H,18,20)/t13-,14-/m1/s1. The molecule has 0 spiro atoms. The zero-order valence-electron chi connectivity index (χ0n) is 14.4. The van der Waals surface area contributed by atoms with Crippen molar-refractivity contribution in [2.24, 2.45) is 17.3 Å². The first-order valence-corrected chi connectivity index (χ1v) is 8.42. The Hall–Kier alpha value is -1.10. The Bertz CT molecular complexity index is 413. The Morgan fingerprint density at radius 1 is 1.23 bits per heavy atom. The Kier molecular flexibility index (Phi) is 5.48. The van der Waals surface area contributed by atoms with Crippen LogP contribution in [0.15, 0.2) is 0 Å². The van der Waals surface area contributed by atoms with Gasteiger partial charge in [-0.3, -0.25) is 9.59 Å². The molecule has 0 bridgehead atoms. The lowest BCUT2D eigenvalue weighted by atomic mass is 9.88. The summed E-state index contributed by atoms with van der Waals surface area (Å²) in [4.78, 5) is 26.4. The molecule has 5 nitrogen and oxygen atoms in total. The SMILES string of the molecule is CO[C@H](CNC(=O)[C@@H]1CCCN(C(=O)C2CC2)C1)C(C)(C)C. The van der Waals surface area contributed by atoms with Gasteiger partial charge in [-0.05, 0) is 31.1 Å². The molecule has 0 aromatic rings. The fourth-order valence-corrected chi connectivity index (χ4v) is 3.06. The fourth-order valence-electron chi connectivity index (χ4n) is 3.06. The van der Waals surface area contributed by atoms with E-state index in [2.05, 4.69) is 26.1 Å². The van der Waals surface area contributed by atoms with Crippen LogP contribution in [0.5, 0.6) is 0 Å². The molecule has 1 N–H and O–H groups in total. The molecule has 1 heterocycles. The predicted octanol–water partition coefficient (Wildman–Crippen LogP) is 1.81. The first-order chi connectivity index (χ1) is 10.3. The lowest BCUT2D eigenvalue weighted by Gasteiger charge is -2.33. The Labute approximate surface area is 133 Å². The molecule has 5 heteroatoms. The number of hydrogen-bond donors (Lipinski definition) is 1. The van der Waals surface area contributed by atoms with Gasteiger partial charge in [0.2, 0.25) is 11.8 Å². The summed E-state index contributed by atoms with van der Waals surface area (Å²) in [5.41, 5.74) is -0.0113. The number of ether oxygens (including phenoxy) is 1. The molecule has 0 aromatic carbocycles. The Balaban J connectivity index is 1.82. The smallest absolute Gasteiger partial charge is 0.225 e. The maximum absolute atomic E-state index is 12.4. The first-order valence-electron chi connectivity index (χ1n) is 8.42. The van der Waals surface area contributed by atoms with Crippen LogP contribution in [-0.4, -0.2) is 49.6 Å². The van der Waals surface area contributed by atoms with Crippen LogP contribution < -0.4 is 5.32 Å². The predicted molar refractivity (Wildman–Crippen MR) is 85.3 cm³/mol. The molecule has 1 aliphatic heterocycles. The summed E-state index contributed by atoms with van der Waals surface area (Å²) in [6, 6.07) is 0. The van der Waals surface area contributed by atoms with Crippen molar-refractivity contribution in [1.29, 1.82) is 0 Å². The lowest BCUT2D eigenvalue weighted by molar-refractivity contribution is -0.137. The fraction of sp³-hybridized carbons (Fsp3) is 0.882. The van der Waals surface area contributed by atoms with Crippen molar-refractivity contribution in [2.45, 2.75) is 52.6 Å². The normalized spacial score (nSPS) is 24.0. The van der Waals surface area contributed by atoms with Crippen LogP contribution in [0.4, 0.5) is 0 Å². The molecular weight excluding hydrogens is 280 g/mol. The zero-order chi connectivity index (χ0) is 16.3. The zero-order valence-corrected chi connectivity index (χ0v) is 14.4. The first kappa shape index (κ1) is 17.3. The lowest BCUT2D eigenvalue weighted by Crippen LogP contribution is -2.48. The number of rotatable bonds is 5. The highest BCUT2D eigenvalue weighted by molar-refractivity contribution is 5.83. The number of likely N-dealkylation sites (tertiary alicyclic amines) is 1. The van der Waals surface area contributed by atoms with E-state index in [-0.39, 0.29) is 35.2 Å². The molecule has 2 aliphatic rings. The van der Waals surface area contributed by atoms with Crippen molar-refractivity contribution < 1.29 is 14.3 Å². The average Bonchev–Trinajstić information content (AvgIpc) is 3.30. The number of carbonyl (C=O) groups is 2. The maximum atomic E-state index is 12.4. The minimum absolute atomic E-state index is 0.00996. The monoisotopic (exact) mass is 310 g/mol. The number of nitrogens with zero attached hydrogens (tertiary/aromatic N) is 1. The molecule has 22 heavy (non-hydrogen) atoms. The van der Waals surface area contributed by atoms with Crippen molar-refractivity contribution in [3.8, 4) is 0 Å². The van der Waals surface area contributed by atoms with Crippen molar-refractivity contribution >= 4 is 11.8 Å². The Morgan fingerprint density at radius 3 is 2.45 bits per heavy atom. The molecular formula is C17H30N2O3. The van der Waals surface area contributed by atoms with Crippen molar-refractivity contribution in [1.82, 2.24) is 10.2 Å². The third kappa shape index (κ3) is 4.45. The van der Waals surface area contributed by atoms with Gasteiger partial charge in [-0.1, -0.05) is 20.8 Å². The number of hydrogen-bond acceptors (Lipinski definition) is 3. The van der Waals surface area contributed by atoms with Crippen LogP contribution in [0, 0.1) is 17.3 Å². The van der Waals surface area contributed by atoms with Crippen LogP contribution in [0.25, 0.3) is 0 Å². The van der Waals surface area contributed by atoms with Crippen LogP contribution >= 0.6 is 0 Å². The molecule has 0 radical (unpaired) electrons. The highest BCUT2D eigenvalue weighted by Crippen LogP contribution is 2.32. The van der Waals surface area contributed by atoms with Gasteiger partial charge >= 0.3 is 0 Å². The van der Waals surface area contributed by atoms with Crippen molar-refractivity contribution in [3.63, 3.8) is 0 Å². The van der Waals surface area contributed by atoms with Crippen molar-refractivity contribution in [2.75, 3.05) is 26.7 Å². The van der Waals surface area contributed by atoms with E-state index in [1.165, 1.54) is 0 Å². The quantitative estimate of drug-likeness (QED) is 0.842. The second kappa shape index (κ2) is 6.99. The second-order valence-corrected chi connectivity index (χ2v) is 7.73. The summed E-state index contributed by atoms with van der Waals surface area (Å²) in [5, 5.41) is 3.01. The van der Waals surface area contributed by atoms with Crippen LogP contribution in [0.2, 0.25) is 0 Å². The van der Waals surface area contributed by atoms with Gasteiger partial charge in [0.05, 0.1) is 12.0 Å². The second-order valence-electron chi connectivity index (χ2n) is 7.73. The molecule has 0 unspecified atom stereocenters. The molecule has 2 atom stereocenters. The largest absolute Gasteiger partial charge is 0.379 e. The third-order valence-electron chi connectivity index (χ3n) is 4.74. The average molecular weight is 310 g/mol. The van der Waals surface area contributed by atoms with E-state index in [1.807, 2.05) is 4.90 Å². The summed E-state index contributed by atoms with van der Waals surface area (Å²) in [5.74, 6) is 0.469. The molecule has 2 rings (SSSR count). The van der Waals surface area contributed by atoms with Gasteiger partial charge in [-0.15, -0.1) is 0 Å². The van der Waals surface area contributed by atoms with Gasteiger partial charge in [-0.2, -0.15) is 0 Å². The minimum Gasteiger partial charge on any atom is -0.379 e. The van der Waals surface area contributed by atoms with Crippen LogP contribution in [0.3, 0.4) is 0 Å². The molecule has 2 amide bonds. The summed E-state index contributed by atoms with van der Waals surface area (Å²) in [7, 11) is 1.68. The van der Waals surface area contributed by atoms with E-state index < -0.39 is 0 Å². The minimum atomic E-state index is -0.0751. The topological polar surface area (TPSA) is 58.6 Å².